The van der Waals surface area contributed by atoms with E-state index in [0.29, 0.717) is 23.0 Å². The van der Waals surface area contributed by atoms with Gasteiger partial charge in [-0.05, 0) is 11.6 Å². The highest BCUT2D eigenvalue weighted by molar-refractivity contribution is 7.23. The van der Waals surface area contributed by atoms with E-state index in [-0.39, 0.29) is 27.3 Å². The second-order valence-electron chi connectivity index (χ2n) is 7.52. The summed E-state index contributed by atoms with van der Waals surface area (Å²) in [5.74, 6) is -4.56. The van der Waals surface area contributed by atoms with Gasteiger partial charge in [-0.15, -0.1) is 11.3 Å². The SMILES string of the molecule is COC(=O)c1cc(Cl)c(-c2c(F)cc(F)c3sc(NC(=O)OCc4ccccc4)c(C#N)c23)c(F)c1N. The van der Waals surface area contributed by atoms with Gasteiger partial charge in [0.2, 0.25) is 0 Å². The number of ether oxygens (including phenoxy) is 2. The van der Waals surface area contributed by atoms with E-state index in [2.05, 4.69) is 10.1 Å². The maximum absolute atomic E-state index is 15.4. The highest BCUT2D eigenvalue weighted by Crippen LogP contribution is 2.47. The number of hydrogen-bond acceptors (Lipinski definition) is 7. The molecule has 4 rings (SSSR count). The molecule has 0 unspecified atom stereocenters. The summed E-state index contributed by atoms with van der Waals surface area (Å²) in [6.45, 7) is -0.0830. The molecule has 0 bridgehead atoms. The Morgan fingerprint density at radius 2 is 1.84 bits per heavy atom. The number of anilines is 2. The molecule has 4 aromatic rings. The zero-order valence-electron chi connectivity index (χ0n) is 18.8. The summed E-state index contributed by atoms with van der Waals surface area (Å²) in [6.07, 6.45) is -0.953. The van der Waals surface area contributed by atoms with Gasteiger partial charge in [0.25, 0.3) is 0 Å². The average Bonchev–Trinajstić information content (AvgIpc) is 3.25. The lowest BCUT2D eigenvalue weighted by Crippen LogP contribution is -2.13. The molecule has 0 aliphatic carbocycles. The van der Waals surface area contributed by atoms with Gasteiger partial charge in [0.15, 0.2) is 5.82 Å². The van der Waals surface area contributed by atoms with Crippen molar-refractivity contribution < 1.29 is 32.2 Å². The number of amides is 1. The highest BCUT2D eigenvalue weighted by atomic mass is 35.5. The van der Waals surface area contributed by atoms with Gasteiger partial charge in [-0.2, -0.15) is 5.26 Å². The number of rotatable bonds is 5. The van der Waals surface area contributed by atoms with Crippen LogP contribution in [-0.4, -0.2) is 19.2 Å². The van der Waals surface area contributed by atoms with Gasteiger partial charge < -0.3 is 15.2 Å². The predicted octanol–water partition coefficient (Wildman–Crippen LogP) is 6.63. The summed E-state index contributed by atoms with van der Waals surface area (Å²) < 4.78 is 54.8. The van der Waals surface area contributed by atoms with E-state index in [4.69, 9.17) is 22.1 Å². The molecule has 0 saturated carbocycles. The van der Waals surface area contributed by atoms with Crippen molar-refractivity contribution in [3.8, 4) is 17.2 Å². The number of benzene rings is 3. The monoisotopic (exact) mass is 545 g/mol. The topological polar surface area (TPSA) is 114 Å². The molecule has 0 spiro atoms. The maximum Gasteiger partial charge on any atom is 0.412 e. The van der Waals surface area contributed by atoms with Crippen molar-refractivity contribution in [1.29, 1.82) is 5.26 Å². The van der Waals surface area contributed by atoms with E-state index in [1.54, 1.807) is 36.4 Å². The van der Waals surface area contributed by atoms with E-state index >= 15 is 8.78 Å². The zero-order valence-corrected chi connectivity index (χ0v) is 20.4. The number of methoxy groups -OCH3 is 1. The zero-order chi connectivity index (χ0) is 26.9. The normalized spacial score (nSPS) is 10.7. The molecule has 12 heteroatoms. The minimum Gasteiger partial charge on any atom is -0.465 e. The Hall–Kier alpha value is -4.27. The molecule has 3 N–H and O–H groups in total. The van der Waals surface area contributed by atoms with Crippen LogP contribution in [0, 0.1) is 28.8 Å². The van der Waals surface area contributed by atoms with Gasteiger partial charge in [-0.25, -0.2) is 22.8 Å². The predicted molar refractivity (Wildman–Crippen MR) is 133 cm³/mol. The van der Waals surface area contributed by atoms with Gasteiger partial charge in [0.05, 0.1) is 33.6 Å². The number of nitrogens with two attached hydrogens (primary N) is 1. The second kappa shape index (κ2) is 10.4. The van der Waals surface area contributed by atoms with E-state index < -0.39 is 56.9 Å². The summed E-state index contributed by atoms with van der Waals surface area (Å²) in [4.78, 5) is 24.3. The lowest BCUT2D eigenvalue weighted by Gasteiger charge is -2.14. The molecular formula is C25H15ClF3N3O4S. The minimum absolute atomic E-state index is 0.0830. The summed E-state index contributed by atoms with van der Waals surface area (Å²) >= 11 is 6.83. The molecule has 188 valence electrons. The number of nitrogens with zero attached hydrogens (tertiary/aromatic N) is 1. The first-order chi connectivity index (χ1) is 17.7. The number of esters is 1. The van der Waals surface area contributed by atoms with Gasteiger partial charge in [0, 0.05) is 22.6 Å². The van der Waals surface area contributed by atoms with Crippen LogP contribution in [0.5, 0.6) is 0 Å². The Balaban J connectivity index is 1.84. The number of halogens is 4. The summed E-state index contributed by atoms with van der Waals surface area (Å²) in [6, 6.07) is 12.0. The number of nitrogen functional groups attached to an aromatic ring is 1. The quantitative estimate of drug-likeness (QED) is 0.215. The fraction of sp³-hybridized carbons (Fsp3) is 0.0800. The molecule has 1 heterocycles. The van der Waals surface area contributed by atoms with Crippen molar-refractivity contribution in [3.63, 3.8) is 0 Å². The van der Waals surface area contributed by atoms with Crippen molar-refractivity contribution >= 4 is 55.8 Å². The molecule has 0 aliphatic rings. The Kier molecular flexibility index (Phi) is 7.24. The van der Waals surface area contributed by atoms with E-state index in [0.717, 1.165) is 13.2 Å². The van der Waals surface area contributed by atoms with Gasteiger partial charge in [-0.1, -0.05) is 41.9 Å². The van der Waals surface area contributed by atoms with Crippen molar-refractivity contribution in [2.24, 2.45) is 0 Å². The van der Waals surface area contributed by atoms with E-state index in [9.17, 15) is 19.2 Å². The third-order valence-corrected chi connectivity index (χ3v) is 6.73. The van der Waals surface area contributed by atoms with Crippen LogP contribution < -0.4 is 11.1 Å². The van der Waals surface area contributed by atoms with Crippen LogP contribution in [0.2, 0.25) is 5.02 Å². The number of carbonyl (C=O) groups excluding carboxylic acids is 2. The molecule has 3 aromatic carbocycles. The fourth-order valence-corrected chi connectivity index (χ4v) is 4.98. The summed E-state index contributed by atoms with van der Waals surface area (Å²) in [7, 11) is 1.05. The van der Waals surface area contributed by atoms with Gasteiger partial charge >= 0.3 is 12.1 Å². The van der Waals surface area contributed by atoms with Crippen LogP contribution in [0.4, 0.5) is 28.7 Å². The maximum atomic E-state index is 15.4. The van der Waals surface area contributed by atoms with Crippen molar-refractivity contribution in [2.45, 2.75) is 6.61 Å². The van der Waals surface area contributed by atoms with E-state index in [1.165, 1.54) is 0 Å². The number of hydrogen-bond donors (Lipinski definition) is 2. The lowest BCUT2D eigenvalue weighted by atomic mass is 9.95. The lowest BCUT2D eigenvalue weighted by molar-refractivity contribution is 0.0601. The third kappa shape index (κ3) is 4.76. The Bertz CT molecular complexity index is 1600. The molecule has 0 radical (unpaired) electrons. The van der Waals surface area contributed by atoms with Crippen LogP contribution in [0.25, 0.3) is 21.2 Å². The first kappa shape index (κ1) is 25.8. The largest absolute Gasteiger partial charge is 0.465 e. The number of carbonyl (C=O) groups is 2. The first-order valence-corrected chi connectivity index (χ1v) is 11.6. The third-order valence-electron chi connectivity index (χ3n) is 5.32. The minimum atomic E-state index is -1.27. The molecule has 0 aliphatic heterocycles. The molecule has 0 fully saturated rings. The van der Waals surface area contributed by atoms with Crippen LogP contribution >= 0.6 is 22.9 Å². The average molecular weight is 546 g/mol. The molecule has 0 atom stereocenters. The summed E-state index contributed by atoms with van der Waals surface area (Å²) in [5.41, 5.74) is 3.85. The Morgan fingerprint density at radius 3 is 2.49 bits per heavy atom. The van der Waals surface area contributed by atoms with Gasteiger partial charge in [0.1, 0.15) is 29.3 Å². The van der Waals surface area contributed by atoms with Crippen LogP contribution in [0.1, 0.15) is 21.5 Å². The van der Waals surface area contributed by atoms with Crippen molar-refractivity contribution in [2.75, 3.05) is 18.2 Å². The Morgan fingerprint density at radius 1 is 1.14 bits per heavy atom. The van der Waals surface area contributed by atoms with Gasteiger partial charge in [-0.3, -0.25) is 5.32 Å². The molecule has 0 saturated heterocycles. The van der Waals surface area contributed by atoms with Crippen LogP contribution in [-0.2, 0) is 16.1 Å². The summed E-state index contributed by atoms with van der Waals surface area (Å²) in [5, 5.41) is 11.2. The standard InChI is InChI=1S/C25H15ClF3N3O4S/c1-35-24(33)12-7-14(26)18(20(29)21(12)31)19-15(27)8-16(28)22-17(19)13(9-30)23(37-22)32-25(34)36-10-11-5-3-2-4-6-11/h2-8H,10,31H2,1H3,(H,32,34). The highest BCUT2D eigenvalue weighted by Gasteiger charge is 2.29. The molecule has 7 nitrogen and oxygen atoms in total. The first-order valence-electron chi connectivity index (χ1n) is 10.4. The number of fused-ring (bicyclic) bond motifs is 1. The Labute approximate surface area is 216 Å². The van der Waals surface area contributed by atoms with Crippen LogP contribution in [0.3, 0.4) is 0 Å². The molecule has 1 aromatic heterocycles. The number of nitrogens with one attached hydrogen (secondary N) is 1. The number of thiophene rings is 1. The van der Waals surface area contributed by atoms with Crippen LogP contribution in [0.15, 0.2) is 42.5 Å². The second-order valence-corrected chi connectivity index (χ2v) is 8.95. The molecule has 37 heavy (non-hydrogen) atoms. The fourth-order valence-electron chi connectivity index (χ4n) is 3.64. The van der Waals surface area contributed by atoms with E-state index in [1.807, 2.05) is 0 Å². The molecular weight excluding hydrogens is 531 g/mol. The van der Waals surface area contributed by atoms with Crippen molar-refractivity contribution in [1.82, 2.24) is 0 Å². The van der Waals surface area contributed by atoms with Crippen molar-refractivity contribution in [3.05, 3.63) is 81.6 Å². The smallest absolute Gasteiger partial charge is 0.412 e. The molecule has 1 amide bonds. The number of nitriles is 1.